The van der Waals surface area contributed by atoms with Gasteiger partial charge in [-0.05, 0) is 0 Å². The Morgan fingerprint density at radius 3 is 2.78 bits per heavy atom. The Morgan fingerprint density at radius 1 is 1.44 bits per heavy atom. The molecular formula is C10H17N5O3. The lowest BCUT2D eigenvalue weighted by molar-refractivity contribution is -0.127. The molecule has 0 aromatic rings. The number of nitrogens with zero attached hydrogens (tertiary/aromatic N) is 3. The van der Waals surface area contributed by atoms with Crippen LogP contribution in [0.3, 0.4) is 0 Å². The van der Waals surface area contributed by atoms with Gasteiger partial charge in [0.1, 0.15) is 6.17 Å². The summed E-state index contributed by atoms with van der Waals surface area (Å²) in [4.78, 5) is 30.8. The number of nitrogens with one attached hydrogen (secondary N) is 2. The second-order valence-electron chi connectivity index (χ2n) is 4.17. The van der Waals surface area contributed by atoms with E-state index in [1.54, 1.807) is 21.2 Å². The number of hydrogen-bond donors (Lipinski definition) is 2. The maximum atomic E-state index is 11.9. The SMILES string of the molecule is CN=C1NC2C(C(=O)NC(=O)N2C)N1CCOC. The Labute approximate surface area is 105 Å². The second kappa shape index (κ2) is 4.81. The first-order chi connectivity index (χ1) is 8.60. The number of amides is 3. The molecule has 0 radical (unpaired) electrons. The summed E-state index contributed by atoms with van der Waals surface area (Å²) >= 11 is 0. The Balaban J connectivity index is 2.25. The van der Waals surface area contributed by atoms with Gasteiger partial charge >= 0.3 is 6.03 Å². The minimum atomic E-state index is -0.471. The highest BCUT2D eigenvalue weighted by atomic mass is 16.5. The molecule has 100 valence electrons. The summed E-state index contributed by atoms with van der Waals surface area (Å²) in [6.45, 7) is 1.02. The molecule has 18 heavy (non-hydrogen) atoms. The third-order valence-corrected chi connectivity index (χ3v) is 3.17. The van der Waals surface area contributed by atoms with Crippen LogP contribution in [-0.2, 0) is 9.53 Å². The van der Waals surface area contributed by atoms with Crippen molar-refractivity contribution in [3.63, 3.8) is 0 Å². The van der Waals surface area contributed by atoms with Crippen LogP contribution >= 0.6 is 0 Å². The first-order valence-corrected chi connectivity index (χ1v) is 5.66. The van der Waals surface area contributed by atoms with Crippen molar-refractivity contribution in [3.8, 4) is 0 Å². The Kier molecular flexibility index (Phi) is 3.37. The molecule has 8 nitrogen and oxygen atoms in total. The average molecular weight is 255 g/mol. The summed E-state index contributed by atoms with van der Waals surface area (Å²) in [7, 11) is 4.87. The molecule has 8 heteroatoms. The van der Waals surface area contributed by atoms with E-state index in [1.165, 1.54) is 4.90 Å². The molecular weight excluding hydrogens is 238 g/mol. The lowest BCUT2D eigenvalue weighted by Gasteiger charge is -2.35. The van der Waals surface area contributed by atoms with Gasteiger partial charge in [-0.1, -0.05) is 0 Å². The van der Waals surface area contributed by atoms with E-state index >= 15 is 0 Å². The lowest BCUT2D eigenvalue weighted by atomic mass is 10.1. The van der Waals surface area contributed by atoms with Crippen molar-refractivity contribution < 1.29 is 14.3 Å². The van der Waals surface area contributed by atoms with Gasteiger partial charge in [-0.3, -0.25) is 15.1 Å². The van der Waals surface area contributed by atoms with E-state index in [9.17, 15) is 9.59 Å². The van der Waals surface area contributed by atoms with Gasteiger partial charge in [0.2, 0.25) is 0 Å². The van der Waals surface area contributed by atoms with Gasteiger partial charge in [-0.15, -0.1) is 0 Å². The molecule has 2 unspecified atom stereocenters. The van der Waals surface area contributed by atoms with E-state index in [0.717, 1.165) is 0 Å². The van der Waals surface area contributed by atoms with Crippen molar-refractivity contribution in [1.82, 2.24) is 20.4 Å². The Morgan fingerprint density at radius 2 is 2.17 bits per heavy atom. The van der Waals surface area contributed by atoms with Gasteiger partial charge in [0.05, 0.1) is 6.61 Å². The molecule has 2 aliphatic heterocycles. The summed E-state index contributed by atoms with van der Waals surface area (Å²) in [5.41, 5.74) is 0. The normalized spacial score (nSPS) is 29.4. The molecule has 2 fully saturated rings. The quantitative estimate of drug-likeness (QED) is 0.634. The number of hydrogen-bond acceptors (Lipinski definition) is 4. The van der Waals surface area contributed by atoms with Crippen molar-refractivity contribution in [1.29, 1.82) is 0 Å². The van der Waals surface area contributed by atoms with Gasteiger partial charge < -0.3 is 19.9 Å². The summed E-state index contributed by atoms with van der Waals surface area (Å²) in [5.74, 6) is 0.282. The zero-order valence-electron chi connectivity index (χ0n) is 10.6. The molecule has 0 spiro atoms. The van der Waals surface area contributed by atoms with Crippen LogP contribution in [0.15, 0.2) is 4.99 Å². The number of carbonyl (C=O) groups excluding carboxylic acids is 2. The fourth-order valence-electron chi connectivity index (χ4n) is 2.21. The van der Waals surface area contributed by atoms with Gasteiger partial charge in [-0.2, -0.15) is 0 Å². The minimum absolute atomic E-state index is 0.314. The molecule has 2 heterocycles. The van der Waals surface area contributed by atoms with Crippen LogP contribution in [0.5, 0.6) is 0 Å². The molecule has 0 bridgehead atoms. The molecule has 2 atom stereocenters. The number of fused-ring (bicyclic) bond motifs is 1. The van der Waals surface area contributed by atoms with Crippen LogP contribution in [0.25, 0.3) is 0 Å². The van der Waals surface area contributed by atoms with E-state index in [1.807, 2.05) is 4.90 Å². The number of guanidine groups is 1. The van der Waals surface area contributed by atoms with Crippen LogP contribution < -0.4 is 10.6 Å². The van der Waals surface area contributed by atoms with Gasteiger partial charge in [0.25, 0.3) is 5.91 Å². The number of aliphatic imine (C=N–C) groups is 1. The maximum Gasteiger partial charge on any atom is 0.325 e. The van der Waals surface area contributed by atoms with E-state index in [-0.39, 0.29) is 12.1 Å². The number of urea groups is 1. The number of likely N-dealkylation sites (N-methyl/N-ethyl adjacent to an activating group) is 1. The summed E-state index contributed by atoms with van der Waals surface area (Å²) in [6, 6.07) is -0.876. The zero-order valence-corrected chi connectivity index (χ0v) is 10.6. The maximum absolute atomic E-state index is 11.9. The minimum Gasteiger partial charge on any atom is -0.383 e. The molecule has 3 amide bonds. The molecule has 2 aliphatic rings. The molecule has 0 aromatic carbocycles. The third-order valence-electron chi connectivity index (χ3n) is 3.17. The number of imide groups is 1. The fraction of sp³-hybridized carbons (Fsp3) is 0.700. The predicted molar refractivity (Wildman–Crippen MR) is 64.0 cm³/mol. The topological polar surface area (TPSA) is 86.3 Å². The molecule has 2 N–H and O–H groups in total. The number of carbonyl (C=O) groups is 2. The van der Waals surface area contributed by atoms with Gasteiger partial charge in [-0.25, -0.2) is 4.79 Å². The first kappa shape index (κ1) is 12.6. The third kappa shape index (κ3) is 1.88. The smallest absolute Gasteiger partial charge is 0.325 e. The van der Waals surface area contributed by atoms with E-state index < -0.39 is 12.1 Å². The molecule has 0 aliphatic carbocycles. The largest absolute Gasteiger partial charge is 0.383 e. The van der Waals surface area contributed by atoms with Crippen molar-refractivity contribution in [2.75, 3.05) is 34.4 Å². The van der Waals surface area contributed by atoms with Crippen molar-refractivity contribution in [2.45, 2.75) is 12.2 Å². The number of rotatable bonds is 3. The first-order valence-electron chi connectivity index (χ1n) is 5.66. The van der Waals surface area contributed by atoms with Crippen molar-refractivity contribution in [2.24, 2.45) is 4.99 Å². The van der Waals surface area contributed by atoms with E-state index in [2.05, 4.69) is 15.6 Å². The number of methoxy groups -OCH3 is 1. The monoisotopic (exact) mass is 255 g/mol. The van der Waals surface area contributed by atoms with Crippen LogP contribution in [0.1, 0.15) is 0 Å². The van der Waals surface area contributed by atoms with E-state index in [4.69, 9.17) is 4.74 Å². The van der Waals surface area contributed by atoms with Crippen molar-refractivity contribution in [3.05, 3.63) is 0 Å². The number of ether oxygens (including phenoxy) is 1. The average Bonchev–Trinajstić information content (AvgIpc) is 2.72. The van der Waals surface area contributed by atoms with Gasteiger partial charge in [0.15, 0.2) is 12.0 Å². The predicted octanol–water partition coefficient (Wildman–Crippen LogP) is -1.60. The van der Waals surface area contributed by atoms with E-state index in [0.29, 0.717) is 19.1 Å². The summed E-state index contributed by atoms with van der Waals surface area (Å²) in [5, 5.41) is 5.40. The van der Waals surface area contributed by atoms with Crippen LogP contribution in [0, 0.1) is 0 Å². The highest BCUT2D eigenvalue weighted by molar-refractivity contribution is 6.04. The Hall–Kier alpha value is -1.83. The molecule has 2 rings (SSSR count). The van der Waals surface area contributed by atoms with Crippen LogP contribution in [0.4, 0.5) is 4.79 Å². The molecule has 0 saturated carbocycles. The van der Waals surface area contributed by atoms with Crippen LogP contribution in [-0.4, -0.2) is 74.3 Å². The van der Waals surface area contributed by atoms with Gasteiger partial charge in [0, 0.05) is 27.7 Å². The van der Waals surface area contributed by atoms with Crippen molar-refractivity contribution >= 4 is 17.9 Å². The fourth-order valence-corrected chi connectivity index (χ4v) is 2.21. The lowest BCUT2D eigenvalue weighted by Crippen LogP contribution is -2.65. The highest BCUT2D eigenvalue weighted by Gasteiger charge is 2.49. The highest BCUT2D eigenvalue weighted by Crippen LogP contribution is 2.19. The second-order valence-corrected chi connectivity index (χ2v) is 4.17. The molecule has 0 aromatic heterocycles. The summed E-state index contributed by atoms with van der Waals surface area (Å²) in [6.07, 6.45) is -0.387. The Bertz CT molecular complexity index is 397. The zero-order chi connectivity index (χ0) is 13.3. The standard InChI is InChI=1S/C10H17N5O3/c1-11-9-12-7-6(15(9)4-5-18-3)8(16)13-10(17)14(7)2/h6-7H,4-5H2,1-3H3,(H,11,12)(H,13,16,17). The van der Waals surface area contributed by atoms with Crippen LogP contribution in [0.2, 0.25) is 0 Å². The molecule has 2 saturated heterocycles. The summed E-state index contributed by atoms with van der Waals surface area (Å²) < 4.78 is 5.02.